The Bertz CT molecular complexity index is 774. The van der Waals surface area contributed by atoms with Crippen molar-refractivity contribution in [2.45, 2.75) is 44.9 Å². The fourth-order valence-corrected chi connectivity index (χ4v) is 3.59. The molecule has 6 nitrogen and oxygen atoms in total. The molecule has 0 bridgehead atoms. The van der Waals surface area contributed by atoms with E-state index in [1.54, 1.807) is 31.2 Å². The number of nitrogens with zero attached hydrogens (tertiary/aromatic N) is 2. The van der Waals surface area contributed by atoms with Crippen molar-refractivity contribution in [2.75, 3.05) is 16.6 Å². The van der Waals surface area contributed by atoms with Gasteiger partial charge in [0.25, 0.3) is 10.0 Å². The Kier molecular flexibility index (Phi) is 6.14. The highest BCUT2D eigenvalue weighted by Crippen LogP contribution is 2.19. The summed E-state index contributed by atoms with van der Waals surface area (Å²) in [7, 11) is -3.67. The number of anilines is 2. The Morgan fingerprint density at radius 3 is 2.33 bits per heavy atom. The smallest absolute Gasteiger partial charge is 0.263 e. The lowest BCUT2D eigenvalue weighted by Crippen LogP contribution is -2.16. The van der Waals surface area contributed by atoms with Crippen molar-refractivity contribution in [3.05, 3.63) is 41.5 Å². The quantitative estimate of drug-likeness (QED) is 0.713. The van der Waals surface area contributed by atoms with Crippen LogP contribution >= 0.6 is 0 Å². The van der Waals surface area contributed by atoms with Gasteiger partial charge in [-0.1, -0.05) is 37.5 Å². The van der Waals surface area contributed by atoms with E-state index in [0.29, 0.717) is 11.4 Å². The van der Waals surface area contributed by atoms with E-state index in [-0.39, 0.29) is 10.7 Å². The maximum atomic E-state index is 12.5. The lowest BCUT2D eigenvalue weighted by atomic mass is 10.2. The average molecular weight is 348 g/mol. The molecule has 0 fully saturated rings. The second kappa shape index (κ2) is 8.10. The van der Waals surface area contributed by atoms with Gasteiger partial charge in [-0.05, 0) is 44.0 Å². The van der Waals surface area contributed by atoms with Crippen LogP contribution in [0.25, 0.3) is 0 Å². The van der Waals surface area contributed by atoms with Crippen LogP contribution in [-0.4, -0.2) is 25.2 Å². The van der Waals surface area contributed by atoms with Crippen LogP contribution in [0.4, 0.5) is 11.6 Å². The maximum absolute atomic E-state index is 12.5. The van der Waals surface area contributed by atoms with Crippen molar-refractivity contribution < 1.29 is 8.42 Å². The van der Waals surface area contributed by atoms with Gasteiger partial charge >= 0.3 is 0 Å². The molecule has 24 heavy (non-hydrogen) atoms. The lowest BCUT2D eigenvalue weighted by molar-refractivity contribution is 0.600. The normalized spacial score (nSPS) is 11.3. The van der Waals surface area contributed by atoms with E-state index in [4.69, 9.17) is 0 Å². The number of hydrogen-bond donors (Lipinski definition) is 2. The Balaban J connectivity index is 2.04. The van der Waals surface area contributed by atoms with Gasteiger partial charge in [0.1, 0.15) is 5.82 Å². The third-order valence-electron chi connectivity index (χ3n) is 3.61. The highest BCUT2D eigenvalue weighted by molar-refractivity contribution is 7.92. The van der Waals surface area contributed by atoms with Gasteiger partial charge in [-0.2, -0.15) is 0 Å². The summed E-state index contributed by atoms with van der Waals surface area (Å²) in [5.41, 5.74) is 1.72. The number of benzene rings is 1. The van der Waals surface area contributed by atoms with Gasteiger partial charge in [0.2, 0.25) is 0 Å². The van der Waals surface area contributed by atoms with Crippen LogP contribution in [0.2, 0.25) is 0 Å². The molecule has 0 aliphatic carbocycles. The van der Waals surface area contributed by atoms with Crippen molar-refractivity contribution in [3.8, 4) is 0 Å². The van der Waals surface area contributed by atoms with Crippen molar-refractivity contribution in [1.82, 2.24) is 10.2 Å². The van der Waals surface area contributed by atoms with Crippen LogP contribution < -0.4 is 10.0 Å². The number of sulfonamides is 1. The van der Waals surface area contributed by atoms with E-state index in [1.165, 1.54) is 0 Å². The maximum Gasteiger partial charge on any atom is 0.263 e. The monoisotopic (exact) mass is 348 g/mol. The molecule has 130 valence electrons. The Hall–Kier alpha value is -2.15. The second-order valence-corrected chi connectivity index (χ2v) is 7.46. The number of nitrogens with one attached hydrogen (secondary N) is 2. The zero-order valence-electron chi connectivity index (χ0n) is 14.3. The number of unbranched alkanes of at least 4 members (excludes halogenated alkanes) is 2. The minimum atomic E-state index is -3.67. The van der Waals surface area contributed by atoms with Crippen LogP contribution in [0.15, 0.2) is 35.2 Å². The van der Waals surface area contributed by atoms with E-state index < -0.39 is 10.0 Å². The van der Waals surface area contributed by atoms with Crippen LogP contribution in [0.1, 0.15) is 37.3 Å². The molecule has 0 amide bonds. The molecular formula is C17H24N4O2S. The summed E-state index contributed by atoms with van der Waals surface area (Å²) in [6.45, 7) is 6.68. The lowest BCUT2D eigenvalue weighted by Gasteiger charge is -2.10. The molecule has 2 N–H and O–H groups in total. The summed E-state index contributed by atoms with van der Waals surface area (Å²) in [6.07, 6.45) is 3.39. The molecule has 0 aliphatic rings. The SMILES string of the molecule is CCCCCNc1ccc(NS(=O)(=O)c2ccc(C)cc2C)nn1. The fourth-order valence-electron chi connectivity index (χ4n) is 2.37. The van der Waals surface area contributed by atoms with Crippen molar-refractivity contribution in [2.24, 2.45) is 0 Å². The summed E-state index contributed by atoms with van der Waals surface area (Å²) in [4.78, 5) is 0.247. The minimum Gasteiger partial charge on any atom is -0.369 e. The zero-order chi connectivity index (χ0) is 17.6. The van der Waals surface area contributed by atoms with Gasteiger partial charge < -0.3 is 5.32 Å². The van der Waals surface area contributed by atoms with Crippen molar-refractivity contribution in [3.63, 3.8) is 0 Å². The van der Waals surface area contributed by atoms with Crippen LogP contribution in [0.5, 0.6) is 0 Å². The highest BCUT2D eigenvalue weighted by Gasteiger charge is 2.17. The molecule has 2 aromatic rings. The topological polar surface area (TPSA) is 84.0 Å². The summed E-state index contributed by atoms with van der Waals surface area (Å²) in [5, 5.41) is 11.1. The molecule has 0 radical (unpaired) electrons. The molecule has 0 saturated heterocycles. The second-order valence-electron chi connectivity index (χ2n) is 5.81. The molecule has 0 saturated carbocycles. The Morgan fingerprint density at radius 1 is 1.00 bits per heavy atom. The summed E-state index contributed by atoms with van der Waals surface area (Å²) >= 11 is 0. The first kappa shape index (κ1) is 18.2. The highest BCUT2D eigenvalue weighted by atomic mass is 32.2. The van der Waals surface area contributed by atoms with Crippen LogP contribution in [0.3, 0.4) is 0 Å². The van der Waals surface area contributed by atoms with Gasteiger partial charge in [0.15, 0.2) is 5.82 Å². The largest absolute Gasteiger partial charge is 0.369 e. The third kappa shape index (κ3) is 4.92. The predicted molar refractivity (Wildman–Crippen MR) is 96.8 cm³/mol. The van der Waals surface area contributed by atoms with E-state index in [1.807, 2.05) is 13.0 Å². The van der Waals surface area contributed by atoms with E-state index in [0.717, 1.165) is 31.4 Å². The molecule has 1 heterocycles. The molecule has 1 aromatic heterocycles. The molecule has 0 aliphatic heterocycles. The third-order valence-corrected chi connectivity index (χ3v) is 5.12. The van der Waals surface area contributed by atoms with Gasteiger partial charge in [-0.25, -0.2) is 8.42 Å². The summed E-state index contributed by atoms with van der Waals surface area (Å²) in [5.74, 6) is 0.842. The van der Waals surface area contributed by atoms with Gasteiger partial charge in [-0.3, -0.25) is 4.72 Å². The Labute approximate surface area is 143 Å². The van der Waals surface area contributed by atoms with E-state index >= 15 is 0 Å². The van der Waals surface area contributed by atoms with Crippen LogP contribution in [-0.2, 0) is 10.0 Å². The van der Waals surface area contributed by atoms with E-state index in [2.05, 4.69) is 27.2 Å². The van der Waals surface area contributed by atoms with Crippen molar-refractivity contribution in [1.29, 1.82) is 0 Å². The number of hydrogen-bond acceptors (Lipinski definition) is 5. The van der Waals surface area contributed by atoms with E-state index in [9.17, 15) is 8.42 Å². The molecule has 0 spiro atoms. The molecule has 2 rings (SSSR count). The number of rotatable bonds is 8. The molecule has 1 aromatic carbocycles. The minimum absolute atomic E-state index is 0.203. The average Bonchev–Trinajstić information content (AvgIpc) is 2.52. The standard InChI is InChI=1S/C17H24N4O2S/c1-4-5-6-11-18-16-9-10-17(20-19-16)21-24(22,23)15-8-7-13(2)12-14(15)3/h7-10,12H,4-6,11H2,1-3H3,(H,18,19)(H,20,21). The van der Waals surface area contributed by atoms with Crippen molar-refractivity contribution >= 4 is 21.7 Å². The van der Waals surface area contributed by atoms with Crippen LogP contribution in [0, 0.1) is 13.8 Å². The number of aryl methyl sites for hydroxylation is 2. The predicted octanol–water partition coefficient (Wildman–Crippen LogP) is 3.50. The first-order chi connectivity index (χ1) is 11.4. The molecule has 7 heteroatoms. The van der Waals surface area contributed by atoms with Gasteiger partial charge in [0.05, 0.1) is 4.90 Å². The summed E-state index contributed by atoms with van der Waals surface area (Å²) < 4.78 is 27.4. The summed E-state index contributed by atoms with van der Waals surface area (Å²) in [6, 6.07) is 8.54. The van der Waals surface area contributed by atoms with Gasteiger partial charge in [0, 0.05) is 6.54 Å². The first-order valence-corrected chi connectivity index (χ1v) is 9.58. The van der Waals surface area contributed by atoms with Gasteiger partial charge in [-0.15, -0.1) is 10.2 Å². The Morgan fingerprint density at radius 2 is 1.71 bits per heavy atom. The molecular weight excluding hydrogens is 324 g/mol. The number of aromatic nitrogens is 2. The fraction of sp³-hybridized carbons (Fsp3) is 0.412. The first-order valence-electron chi connectivity index (χ1n) is 8.10. The molecule has 0 atom stereocenters. The molecule has 0 unspecified atom stereocenters. The zero-order valence-corrected chi connectivity index (χ0v) is 15.2.